The average Bonchev–Trinajstić information content (AvgIpc) is 2.33. The van der Waals surface area contributed by atoms with Gasteiger partial charge in [0.1, 0.15) is 11.6 Å². The Hall–Kier alpha value is -1.97. The average molecular weight is 232 g/mol. The van der Waals surface area contributed by atoms with E-state index in [1.54, 1.807) is 19.4 Å². The lowest BCUT2D eigenvalue weighted by atomic mass is 10.0. The van der Waals surface area contributed by atoms with E-state index in [0.29, 0.717) is 17.0 Å². The minimum atomic E-state index is -0.316. The summed E-state index contributed by atoms with van der Waals surface area (Å²) < 4.78 is 18.5. The first-order chi connectivity index (χ1) is 8.13. The van der Waals surface area contributed by atoms with E-state index in [0.717, 1.165) is 11.1 Å². The van der Waals surface area contributed by atoms with Gasteiger partial charge in [-0.2, -0.15) is 10.2 Å². The van der Waals surface area contributed by atoms with Crippen molar-refractivity contribution < 1.29 is 9.13 Å². The van der Waals surface area contributed by atoms with Crippen molar-refractivity contribution in [1.29, 1.82) is 0 Å². The molecule has 88 valence electrons. The highest BCUT2D eigenvalue weighted by molar-refractivity contribution is 5.70. The number of hydrogen-bond donors (Lipinski definition) is 0. The van der Waals surface area contributed by atoms with Gasteiger partial charge in [0.05, 0.1) is 19.0 Å². The molecule has 3 nitrogen and oxygen atoms in total. The lowest BCUT2D eigenvalue weighted by molar-refractivity contribution is 0.415. The molecule has 0 amide bonds. The van der Waals surface area contributed by atoms with Gasteiger partial charge in [0.2, 0.25) is 0 Å². The second kappa shape index (κ2) is 4.49. The molecule has 0 radical (unpaired) electrons. The molecule has 0 saturated carbocycles. The summed E-state index contributed by atoms with van der Waals surface area (Å²) in [5, 5.41) is 7.96. The quantitative estimate of drug-likeness (QED) is 0.798. The van der Waals surface area contributed by atoms with Crippen LogP contribution in [0.3, 0.4) is 0 Å². The Morgan fingerprint density at radius 2 is 2.00 bits per heavy atom. The van der Waals surface area contributed by atoms with Crippen molar-refractivity contribution in [1.82, 2.24) is 10.2 Å². The molecule has 0 spiro atoms. The van der Waals surface area contributed by atoms with Crippen LogP contribution in [0.5, 0.6) is 5.75 Å². The molecule has 1 aromatic carbocycles. The fourth-order valence-corrected chi connectivity index (χ4v) is 1.65. The normalized spacial score (nSPS) is 10.4. The molecule has 2 aromatic rings. The van der Waals surface area contributed by atoms with Gasteiger partial charge in [-0.05, 0) is 43.2 Å². The number of ether oxygens (including phenoxy) is 1. The largest absolute Gasteiger partial charge is 0.496 e. The van der Waals surface area contributed by atoms with Gasteiger partial charge < -0.3 is 4.74 Å². The fourth-order valence-electron chi connectivity index (χ4n) is 1.65. The topological polar surface area (TPSA) is 35.0 Å². The molecule has 2 rings (SSSR count). The molecule has 0 aliphatic rings. The summed E-state index contributed by atoms with van der Waals surface area (Å²) in [4.78, 5) is 0. The first-order valence-corrected chi connectivity index (χ1v) is 5.26. The number of aryl methyl sites for hydroxylation is 1. The zero-order valence-corrected chi connectivity index (χ0v) is 9.99. The molecule has 0 unspecified atom stereocenters. The third kappa shape index (κ3) is 2.11. The van der Waals surface area contributed by atoms with E-state index in [4.69, 9.17) is 4.74 Å². The number of halogens is 1. The molecule has 1 heterocycles. The van der Waals surface area contributed by atoms with Crippen LogP contribution in [-0.4, -0.2) is 17.3 Å². The Labute approximate surface area is 99.3 Å². The minimum absolute atomic E-state index is 0.316. The Kier molecular flexibility index (Phi) is 3.04. The fraction of sp³-hybridized carbons (Fsp3) is 0.231. The molecule has 17 heavy (non-hydrogen) atoms. The van der Waals surface area contributed by atoms with E-state index < -0.39 is 0 Å². The smallest absolute Gasteiger partial charge is 0.128 e. The van der Waals surface area contributed by atoms with Gasteiger partial charge in [0.15, 0.2) is 0 Å². The third-order valence-corrected chi connectivity index (χ3v) is 2.77. The summed E-state index contributed by atoms with van der Waals surface area (Å²) in [5.74, 6) is 0.276. The van der Waals surface area contributed by atoms with Gasteiger partial charge in [0, 0.05) is 5.56 Å². The second-order valence-corrected chi connectivity index (χ2v) is 3.85. The van der Waals surface area contributed by atoms with Gasteiger partial charge >= 0.3 is 0 Å². The Balaban J connectivity index is 2.67. The van der Waals surface area contributed by atoms with Gasteiger partial charge in [0.25, 0.3) is 0 Å². The van der Waals surface area contributed by atoms with Crippen LogP contribution in [0, 0.1) is 19.7 Å². The Morgan fingerprint density at radius 3 is 2.71 bits per heavy atom. The number of rotatable bonds is 2. The van der Waals surface area contributed by atoms with Gasteiger partial charge in [-0.15, -0.1) is 0 Å². The molecule has 0 fully saturated rings. The lowest BCUT2D eigenvalue weighted by Gasteiger charge is -2.10. The highest BCUT2D eigenvalue weighted by atomic mass is 19.1. The number of hydrogen-bond acceptors (Lipinski definition) is 3. The summed E-state index contributed by atoms with van der Waals surface area (Å²) >= 11 is 0. The standard InChI is InChI=1S/C13H13FN2O/c1-8-7-15-16-13(9(8)2)11-6-10(14)4-5-12(11)17-3/h4-7H,1-3H3. The Bertz CT molecular complexity index is 555. The van der Waals surface area contributed by atoms with Crippen LogP contribution >= 0.6 is 0 Å². The van der Waals surface area contributed by atoms with E-state index in [1.165, 1.54) is 12.1 Å². The third-order valence-electron chi connectivity index (χ3n) is 2.77. The van der Waals surface area contributed by atoms with E-state index in [2.05, 4.69) is 10.2 Å². The van der Waals surface area contributed by atoms with Crippen molar-refractivity contribution in [2.75, 3.05) is 7.11 Å². The molecule has 0 saturated heterocycles. The zero-order valence-electron chi connectivity index (χ0n) is 9.99. The van der Waals surface area contributed by atoms with Crippen LogP contribution in [0.25, 0.3) is 11.3 Å². The van der Waals surface area contributed by atoms with Crippen molar-refractivity contribution in [3.63, 3.8) is 0 Å². The number of aromatic nitrogens is 2. The van der Waals surface area contributed by atoms with E-state index in [1.807, 2.05) is 13.8 Å². The van der Waals surface area contributed by atoms with Crippen molar-refractivity contribution >= 4 is 0 Å². The monoisotopic (exact) mass is 232 g/mol. The molecular weight excluding hydrogens is 219 g/mol. The molecular formula is C13H13FN2O. The summed E-state index contributed by atoms with van der Waals surface area (Å²) in [6.45, 7) is 3.88. The SMILES string of the molecule is COc1ccc(F)cc1-c1nncc(C)c1C. The maximum atomic E-state index is 13.3. The number of nitrogens with zero attached hydrogens (tertiary/aromatic N) is 2. The maximum absolute atomic E-state index is 13.3. The van der Waals surface area contributed by atoms with E-state index in [9.17, 15) is 4.39 Å². The van der Waals surface area contributed by atoms with Crippen LogP contribution < -0.4 is 4.74 Å². The van der Waals surface area contributed by atoms with Crippen LogP contribution in [0.1, 0.15) is 11.1 Å². The second-order valence-electron chi connectivity index (χ2n) is 3.85. The molecule has 0 aliphatic carbocycles. The summed E-state index contributed by atoms with van der Waals surface area (Å²) in [6.07, 6.45) is 1.69. The van der Waals surface area contributed by atoms with Gasteiger partial charge in [-0.25, -0.2) is 4.39 Å². The maximum Gasteiger partial charge on any atom is 0.128 e. The minimum Gasteiger partial charge on any atom is -0.496 e. The molecule has 0 bridgehead atoms. The highest BCUT2D eigenvalue weighted by Crippen LogP contribution is 2.31. The van der Waals surface area contributed by atoms with Crippen molar-refractivity contribution in [3.8, 4) is 17.0 Å². The summed E-state index contributed by atoms with van der Waals surface area (Å²) in [6, 6.07) is 4.37. The van der Waals surface area contributed by atoms with Crippen LogP contribution in [0.15, 0.2) is 24.4 Å². The number of benzene rings is 1. The van der Waals surface area contributed by atoms with Crippen LogP contribution in [0.4, 0.5) is 4.39 Å². The van der Waals surface area contributed by atoms with Crippen LogP contribution in [-0.2, 0) is 0 Å². The predicted molar refractivity (Wildman–Crippen MR) is 63.5 cm³/mol. The first-order valence-electron chi connectivity index (χ1n) is 5.26. The van der Waals surface area contributed by atoms with E-state index in [-0.39, 0.29) is 5.82 Å². The highest BCUT2D eigenvalue weighted by Gasteiger charge is 2.12. The lowest BCUT2D eigenvalue weighted by Crippen LogP contribution is -1.97. The summed E-state index contributed by atoms with van der Waals surface area (Å²) in [7, 11) is 1.55. The van der Waals surface area contributed by atoms with Crippen molar-refractivity contribution in [3.05, 3.63) is 41.3 Å². The van der Waals surface area contributed by atoms with Gasteiger partial charge in [-0.1, -0.05) is 0 Å². The first kappa shape index (κ1) is 11.5. The van der Waals surface area contributed by atoms with Crippen molar-refractivity contribution in [2.45, 2.75) is 13.8 Å². The zero-order chi connectivity index (χ0) is 12.4. The molecule has 0 N–H and O–H groups in total. The number of methoxy groups -OCH3 is 1. The van der Waals surface area contributed by atoms with Crippen LogP contribution in [0.2, 0.25) is 0 Å². The van der Waals surface area contributed by atoms with Gasteiger partial charge in [-0.3, -0.25) is 0 Å². The molecule has 1 aromatic heterocycles. The Morgan fingerprint density at radius 1 is 1.24 bits per heavy atom. The predicted octanol–water partition coefficient (Wildman–Crippen LogP) is 2.91. The summed E-state index contributed by atoms with van der Waals surface area (Å²) in [5.41, 5.74) is 3.27. The molecule has 0 aliphatic heterocycles. The van der Waals surface area contributed by atoms with E-state index >= 15 is 0 Å². The van der Waals surface area contributed by atoms with Crippen molar-refractivity contribution in [2.24, 2.45) is 0 Å². The molecule has 0 atom stereocenters. The molecule has 4 heteroatoms.